The predicted molar refractivity (Wildman–Crippen MR) is 74.2 cm³/mol. The van der Waals surface area contributed by atoms with Crippen molar-refractivity contribution in [1.82, 2.24) is 0 Å². The average Bonchev–Trinajstić information content (AvgIpc) is 2.39. The van der Waals surface area contributed by atoms with Crippen molar-refractivity contribution in [2.75, 3.05) is 5.32 Å². The van der Waals surface area contributed by atoms with Crippen molar-refractivity contribution in [2.24, 2.45) is 0 Å². The number of benzene rings is 2. The smallest absolute Gasteiger partial charge is 0.124 e. The minimum atomic E-state index is -0.235. The lowest BCUT2D eigenvalue weighted by molar-refractivity contribution is 0.282. The number of aromatic hydroxyl groups is 2. The summed E-state index contributed by atoms with van der Waals surface area (Å²) in [6, 6.07) is 11.8. The van der Waals surface area contributed by atoms with Gasteiger partial charge in [0.15, 0.2) is 0 Å². The van der Waals surface area contributed by atoms with Crippen LogP contribution in [0.2, 0.25) is 0 Å². The molecule has 0 aromatic heterocycles. The standard InChI is InChI=1S/C15H17NO3/c1-10(15-13(18)3-2-4-14(15)19)16-12-7-5-11(9-17)6-8-12/h2-8,10,16-19H,9H2,1H3. The monoisotopic (exact) mass is 259 g/mol. The van der Waals surface area contributed by atoms with E-state index in [-0.39, 0.29) is 24.1 Å². The van der Waals surface area contributed by atoms with Crippen molar-refractivity contribution in [3.63, 3.8) is 0 Å². The summed E-state index contributed by atoms with van der Waals surface area (Å²) < 4.78 is 0. The summed E-state index contributed by atoms with van der Waals surface area (Å²) in [4.78, 5) is 0. The molecule has 4 nitrogen and oxygen atoms in total. The molecule has 0 saturated heterocycles. The third kappa shape index (κ3) is 2.98. The number of phenolic OH excluding ortho intramolecular Hbond substituents is 2. The Labute approximate surface area is 112 Å². The summed E-state index contributed by atoms with van der Waals surface area (Å²) >= 11 is 0. The number of phenols is 2. The maximum atomic E-state index is 9.79. The molecule has 0 bridgehead atoms. The van der Waals surface area contributed by atoms with Crippen LogP contribution in [0.3, 0.4) is 0 Å². The van der Waals surface area contributed by atoms with Crippen LogP contribution in [0.25, 0.3) is 0 Å². The van der Waals surface area contributed by atoms with Gasteiger partial charge >= 0.3 is 0 Å². The molecule has 0 saturated carbocycles. The van der Waals surface area contributed by atoms with Crippen molar-refractivity contribution < 1.29 is 15.3 Å². The molecule has 4 heteroatoms. The fourth-order valence-corrected chi connectivity index (χ4v) is 2.01. The third-order valence-electron chi connectivity index (χ3n) is 3.01. The van der Waals surface area contributed by atoms with Crippen molar-refractivity contribution in [2.45, 2.75) is 19.6 Å². The van der Waals surface area contributed by atoms with E-state index < -0.39 is 0 Å². The molecule has 2 aromatic rings. The van der Waals surface area contributed by atoms with Crippen LogP contribution in [0.4, 0.5) is 5.69 Å². The quantitative estimate of drug-likeness (QED) is 0.681. The highest BCUT2D eigenvalue weighted by Gasteiger charge is 2.14. The summed E-state index contributed by atoms with van der Waals surface area (Å²) in [7, 11) is 0. The predicted octanol–water partition coefficient (Wildman–Crippen LogP) is 2.76. The second-order valence-electron chi connectivity index (χ2n) is 4.43. The summed E-state index contributed by atoms with van der Waals surface area (Å²) in [5.41, 5.74) is 2.16. The van der Waals surface area contributed by atoms with E-state index in [1.54, 1.807) is 18.2 Å². The van der Waals surface area contributed by atoms with Crippen molar-refractivity contribution in [3.8, 4) is 11.5 Å². The fourth-order valence-electron chi connectivity index (χ4n) is 2.01. The largest absolute Gasteiger partial charge is 0.507 e. The molecule has 100 valence electrons. The average molecular weight is 259 g/mol. The molecular weight excluding hydrogens is 242 g/mol. The number of nitrogens with one attached hydrogen (secondary N) is 1. The number of aliphatic hydroxyl groups excluding tert-OH is 1. The van der Waals surface area contributed by atoms with Gasteiger partial charge in [0.1, 0.15) is 11.5 Å². The van der Waals surface area contributed by atoms with Gasteiger partial charge in [-0.1, -0.05) is 18.2 Å². The first-order chi connectivity index (χ1) is 9.11. The lowest BCUT2D eigenvalue weighted by Crippen LogP contribution is -2.07. The van der Waals surface area contributed by atoms with Crippen LogP contribution in [0.5, 0.6) is 11.5 Å². The van der Waals surface area contributed by atoms with Crippen molar-refractivity contribution in [3.05, 3.63) is 53.6 Å². The molecule has 0 aliphatic heterocycles. The molecule has 0 aliphatic carbocycles. The van der Waals surface area contributed by atoms with E-state index in [9.17, 15) is 10.2 Å². The van der Waals surface area contributed by atoms with Gasteiger partial charge in [-0.25, -0.2) is 0 Å². The maximum Gasteiger partial charge on any atom is 0.124 e. The Hall–Kier alpha value is -2.20. The summed E-state index contributed by atoms with van der Waals surface area (Å²) in [6.07, 6.45) is 0. The molecule has 0 heterocycles. The Balaban J connectivity index is 2.18. The maximum absolute atomic E-state index is 9.79. The molecule has 0 spiro atoms. The van der Waals surface area contributed by atoms with Gasteiger partial charge in [0.05, 0.1) is 18.2 Å². The number of aliphatic hydroxyl groups is 1. The van der Waals surface area contributed by atoms with Gasteiger partial charge in [-0.2, -0.15) is 0 Å². The molecule has 4 N–H and O–H groups in total. The number of hydrogen-bond donors (Lipinski definition) is 4. The Kier molecular flexibility index (Phi) is 3.92. The SMILES string of the molecule is CC(Nc1ccc(CO)cc1)c1c(O)cccc1O. The lowest BCUT2D eigenvalue weighted by Gasteiger charge is -2.18. The number of anilines is 1. The Bertz CT molecular complexity index is 532. The zero-order valence-corrected chi connectivity index (χ0v) is 10.7. The van der Waals surface area contributed by atoms with E-state index in [2.05, 4.69) is 5.32 Å². The van der Waals surface area contributed by atoms with Crippen LogP contribution in [0, 0.1) is 0 Å². The van der Waals surface area contributed by atoms with Crippen LogP contribution in [0.1, 0.15) is 24.1 Å². The first-order valence-corrected chi connectivity index (χ1v) is 6.09. The summed E-state index contributed by atoms with van der Waals surface area (Å²) in [5.74, 6) is 0.124. The lowest BCUT2D eigenvalue weighted by atomic mass is 10.1. The molecule has 0 aliphatic rings. The zero-order valence-electron chi connectivity index (χ0n) is 10.7. The van der Waals surface area contributed by atoms with Gasteiger partial charge in [-0.05, 0) is 36.8 Å². The number of hydrogen-bond acceptors (Lipinski definition) is 4. The first-order valence-electron chi connectivity index (χ1n) is 6.09. The third-order valence-corrected chi connectivity index (χ3v) is 3.01. The minimum absolute atomic E-state index is 0.0100. The Morgan fingerprint density at radius 3 is 2.11 bits per heavy atom. The second-order valence-corrected chi connectivity index (χ2v) is 4.43. The summed E-state index contributed by atoms with van der Waals surface area (Å²) in [6.45, 7) is 1.87. The second kappa shape index (κ2) is 5.63. The van der Waals surface area contributed by atoms with Crippen LogP contribution in [-0.2, 0) is 6.61 Å². The molecule has 2 aromatic carbocycles. The van der Waals surface area contributed by atoms with E-state index in [1.165, 1.54) is 0 Å². The van der Waals surface area contributed by atoms with Gasteiger partial charge in [0.2, 0.25) is 0 Å². The van der Waals surface area contributed by atoms with Crippen LogP contribution >= 0.6 is 0 Å². The highest BCUT2D eigenvalue weighted by molar-refractivity contribution is 5.51. The van der Waals surface area contributed by atoms with Crippen molar-refractivity contribution in [1.29, 1.82) is 0 Å². The van der Waals surface area contributed by atoms with Crippen molar-refractivity contribution >= 4 is 5.69 Å². The van der Waals surface area contributed by atoms with E-state index in [0.29, 0.717) is 5.56 Å². The summed E-state index contributed by atoms with van der Waals surface area (Å²) in [5, 5.41) is 31.7. The molecule has 0 radical (unpaired) electrons. The molecule has 2 rings (SSSR count). The van der Waals surface area contributed by atoms with Gasteiger partial charge in [-0.3, -0.25) is 0 Å². The fraction of sp³-hybridized carbons (Fsp3) is 0.200. The van der Waals surface area contributed by atoms with Gasteiger partial charge in [0.25, 0.3) is 0 Å². The topological polar surface area (TPSA) is 72.7 Å². The minimum Gasteiger partial charge on any atom is -0.507 e. The van der Waals surface area contributed by atoms with Crippen LogP contribution in [0.15, 0.2) is 42.5 Å². The first kappa shape index (κ1) is 13.2. The molecular formula is C15H17NO3. The number of rotatable bonds is 4. The van der Waals surface area contributed by atoms with Gasteiger partial charge in [-0.15, -0.1) is 0 Å². The van der Waals surface area contributed by atoms with E-state index in [1.807, 2.05) is 31.2 Å². The Morgan fingerprint density at radius 1 is 1.00 bits per heavy atom. The van der Waals surface area contributed by atoms with E-state index in [4.69, 9.17) is 5.11 Å². The highest BCUT2D eigenvalue weighted by Crippen LogP contribution is 2.34. The van der Waals surface area contributed by atoms with E-state index in [0.717, 1.165) is 11.3 Å². The zero-order chi connectivity index (χ0) is 13.8. The van der Waals surface area contributed by atoms with E-state index >= 15 is 0 Å². The van der Waals surface area contributed by atoms with Gasteiger partial charge in [0, 0.05) is 5.69 Å². The van der Waals surface area contributed by atoms with Crippen LogP contribution in [-0.4, -0.2) is 15.3 Å². The molecule has 1 unspecified atom stereocenters. The molecule has 0 fully saturated rings. The molecule has 1 atom stereocenters. The van der Waals surface area contributed by atoms with Crippen LogP contribution < -0.4 is 5.32 Å². The van der Waals surface area contributed by atoms with Gasteiger partial charge < -0.3 is 20.6 Å². The molecule has 0 amide bonds. The highest BCUT2D eigenvalue weighted by atomic mass is 16.3. The molecule has 19 heavy (non-hydrogen) atoms. The normalized spacial score (nSPS) is 12.1. The Morgan fingerprint density at radius 2 is 1.58 bits per heavy atom.